The van der Waals surface area contributed by atoms with Gasteiger partial charge in [-0.25, -0.2) is 0 Å². The molecule has 1 heteroatoms. The third-order valence-corrected chi connectivity index (χ3v) is 7.35. The van der Waals surface area contributed by atoms with E-state index in [1.807, 2.05) is 0 Å². The van der Waals surface area contributed by atoms with Gasteiger partial charge in [0, 0.05) is 4.47 Å². The second-order valence-electron chi connectivity index (χ2n) is 8.26. The molecule has 0 atom stereocenters. The van der Waals surface area contributed by atoms with Gasteiger partial charge in [-0.2, -0.15) is 0 Å². The van der Waals surface area contributed by atoms with Crippen molar-refractivity contribution in [1.82, 2.24) is 0 Å². The molecule has 1 aliphatic carbocycles. The average Bonchev–Trinajstić information content (AvgIpc) is 3.16. The van der Waals surface area contributed by atoms with Crippen LogP contribution in [0.2, 0.25) is 0 Å². The van der Waals surface area contributed by atoms with Crippen molar-refractivity contribution in [2.24, 2.45) is 0 Å². The Kier molecular flexibility index (Phi) is 4.59. The predicted octanol–water partition coefficient (Wildman–Crippen LogP) is 8.48. The van der Waals surface area contributed by atoms with Crippen molar-refractivity contribution in [2.75, 3.05) is 0 Å². The molecule has 0 spiro atoms. The molecule has 0 radical (unpaired) electrons. The van der Waals surface area contributed by atoms with E-state index in [9.17, 15) is 0 Å². The van der Waals surface area contributed by atoms with Crippen LogP contribution in [-0.2, 0) is 5.41 Å². The Balaban J connectivity index is 1.68. The third kappa shape index (κ3) is 2.75. The molecule has 0 bridgehead atoms. The van der Waals surface area contributed by atoms with Crippen molar-refractivity contribution in [3.63, 3.8) is 0 Å². The van der Waals surface area contributed by atoms with Crippen LogP contribution in [0.4, 0.5) is 0 Å². The van der Waals surface area contributed by atoms with Gasteiger partial charge in [-0.1, -0.05) is 137 Å². The smallest absolute Gasteiger partial charge is 0.0622 e. The Hall–Kier alpha value is -3.42. The van der Waals surface area contributed by atoms with Gasteiger partial charge >= 0.3 is 0 Å². The second-order valence-corrected chi connectivity index (χ2v) is 9.12. The zero-order chi connectivity index (χ0) is 21.5. The van der Waals surface area contributed by atoms with Crippen molar-refractivity contribution < 1.29 is 0 Å². The molecule has 0 nitrogen and oxygen atoms in total. The highest BCUT2D eigenvalue weighted by Crippen LogP contribution is 2.57. The highest BCUT2D eigenvalue weighted by molar-refractivity contribution is 9.10. The van der Waals surface area contributed by atoms with E-state index in [-0.39, 0.29) is 5.41 Å². The Morgan fingerprint density at radius 3 is 1.47 bits per heavy atom. The Labute approximate surface area is 197 Å². The predicted molar refractivity (Wildman–Crippen MR) is 137 cm³/mol. The lowest BCUT2D eigenvalue weighted by molar-refractivity contribution is 0.764. The molecule has 0 aromatic heterocycles. The lowest BCUT2D eigenvalue weighted by Gasteiger charge is -2.34. The van der Waals surface area contributed by atoms with E-state index in [1.165, 1.54) is 44.5 Å². The lowest BCUT2D eigenvalue weighted by atomic mass is 9.67. The molecule has 32 heavy (non-hydrogen) atoms. The topological polar surface area (TPSA) is 0 Å². The van der Waals surface area contributed by atoms with E-state index < -0.39 is 0 Å². The molecule has 0 aliphatic heterocycles. The van der Waals surface area contributed by atoms with Crippen LogP contribution < -0.4 is 0 Å². The minimum absolute atomic E-state index is 0.373. The van der Waals surface area contributed by atoms with Crippen molar-refractivity contribution in [3.8, 4) is 22.3 Å². The van der Waals surface area contributed by atoms with Gasteiger partial charge in [0.15, 0.2) is 0 Å². The van der Waals surface area contributed by atoms with E-state index >= 15 is 0 Å². The summed E-state index contributed by atoms with van der Waals surface area (Å²) in [6.45, 7) is 0. The Morgan fingerprint density at radius 1 is 0.406 bits per heavy atom. The quantitative estimate of drug-likeness (QED) is 0.242. The number of hydrogen-bond acceptors (Lipinski definition) is 0. The van der Waals surface area contributed by atoms with E-state index in [4.69, 9.17) is 0 Å². The summed E-state index contributed by atoms with van der Waals surface area (Å²) in [6.07, 6.45) is 0. The molecule has 0 amide bonds. The molecule has 5 aromatic rings. The number of rotatable bonds is 3. The second kappa shape index (κ2) is 7.62. The van der Waals surface area contributed by atoms with Crippen LogP contribution >= 0.6 is 15.9 Å². The lowest BCUT2D eigenvalue weighted by Crippen LogP contribution is -2.29. The summed E-state index contributed by atoms with van der Waals surface area (Å²) >= 11 is 3.89. The number of halogens is 1. The average molecular weight is 473 g/mol. The first-order chi connectivity index (χ1) is 15.8. The standard InChI is InChI=1S/C31H21Br/c32-30-17-9-8-16-29(30)31(24-20-18-23(19-21-24)22-10-2-1-3-11-22)27-14-6-4-12-25(27)26-13-5-7-15-28(26)31/h1-21H. The number of benzene rings is 5. The molecule has 0 saturated heterocycles. The minimum atomic E-state index is -0.373. The first-order valence-corrected chi connectivity index (χ1v) is 11.7. The molecule has 152 valence electrons. The highest BCUT2D eigenvalue weighted by atomic mass is 79.9. The molecule has 6 rings (SSSR count). The normalized spacial score (nSPS) is 13.4. The maximum atomic E-state index is 3.89. The summed E-state index contributed by atoms with van der Waals surface area (Å²) in [5, 5.41) is 0. The van der Waals surface area contributed by atoms with Gasteiger partial charge in [0.25, 0.3) is 0 Å². The van der Waals surface area contributed by atoms with Crippen LogP contribution in [0.3, 0.4) is 0 Å². The van der Waals surface area contributed by atoms with Gasteiger partial charge in [0.05, 0.1) is 5.41 Å². The van der Waals surface area contributed by atoms with Crippen LogP contribution in [0.5, 0.6) is 0 Å². The maximum Gasteiger partial charge on any atom is 0.0724 e. The summed E-state index contributed by atoms with van der Waals surface area (Å²) in [5.74, 6) is 0. The van der Waals surface area contributed by atoms with Gasteiger partial charge in [0.1, 0.15) is 0 Å². The molecule has 0 N–H and O–H groups in total. The highest BCUT2D eigenvalue weighted by Gasteiger charge is 2.46. The van der Waals surface area contributed by atoms with Crippen molar-refractivity contribution in [2.45, 2.75) is 5.41 Å². The Morgan fingerprint density at radius 2 is 0.875 bits per heavy atom. The van der Waals surface area contributed by atoms with E-state index in [0.717, 1.165) is 4.47 Å². The Bertz CT molecular complexity index is 1370. The molecule has 0 heterocycles. The molecule has 0 unspecified atom stereocenters. The van der Waals surface area contributed by atoms with Crippen LogP contribution in [0.25, 0.3) is 22.3 Å². The van der Waals surface area contributed by atoms with E-state index in [1.54, 1.807) is 0 Å². The van der Waals surface area contributed by atoms with Crippen molar-refractivity contribution >= 4 is 15.9 Å². The fourth-order valence-electron chi connectivity index (χ4n) is 5.30. The van der Waals surface area contributed by atoms with Crippen molar-refractivity contribution in [1.29, 1.82) is 0 Å². The van der Waals surface area contributed by atoms with Gasteiger partial charge in [-0.05, 0) is 50.6 Å². The zero-order valence-electron chi connectivity index (χ0n) is 17.5. The first kappa shape index (κ1) is 19.3. The molecule has 5 aromatic carbocycles. The SMILES string of the molecule is Brc1ccccc1C1(c2ccc(-c3ccccc3)cc2)c2ccccc2-c2ccccc21. The van der Waals surface area contributed by atoms with Gasteiger partial charge in [-0.15, -0.1) is 0 Å². The summed E-state index contributed by atoms with van der Waals surface area (Å²) in [5.41, 5.74) is 9.93. The number of fused-ring (bicyclic) bond motifs is 3. The van der Waals surface area contributed by atoms with Crippen molar-refractivity contribution in [3.05, 3.63) is 154 Å². The minimum Gasteiger partial charge on any atom is -0.0622 e. The van der Waals surface area contributed by atoms with Crippen LogP contribution in [-0.4, -0.2) is 0 Å². The van der Waals surface area contributed by atoms with E-state index in [0.29, 0.717) is 0 Å². The monoisotopic (exact) mass is 472 g/mol. The molecular weight excluding hydrogens is 452 g/mol. The fourth-order valence-corrected chi connectivity index (χ4v) is 5.88. The van der Waals surface area contributed by atoms with Gasteiger partial charge in [-0.3, -0.25) is 0 Å². The van der Waals surface area contributed by atoms with E-state index in [2.05, 4.69) is 143 Å². The van der Waals surface area contributed by atoms with Crippen LogP contribution in [0.15, 0.2) is 132 Å². The summed E-state index contributed by atoms with van der Waals surface area (Å²) in [7, 11) is 0. The molecular formula is C31H21Br. The first-order valence-electron chi connectivity index (χ1n) is 10.9. The third-order valence-electron chi connectivity index (χ3n) is 6.66. The largest absolute Gasteiger partial charge is 0.0724 e. The molecule has 0 saturated carbocycles. The zero-order valence-corrected chi connectivity index (χ0v) is 19.1. The number of hydrogen-bond donors (Lipinski definition) is 0. The van der Waals surface area contributed by atoms with Gasteiger partial charge < -0.3 is 0 Å². The van der Waals surface area contributed by atoms with Crippen LogP contribution in [0, 0.1) is 0 Å². The fraction of sp³-hybridized carbons (Fsp3) is 0.0323. The maximum absolute atomic E-state index is 3.89. The summed E-state index contributed by atoms with van der Waals surface area (Å²) < 4.78 is 1.12. The summed E-state index contributed by atoms with van der Waals surface area (Å²) in [4.78, 5) is 0. The molecule has 0 fully saturated rings. The van der Waals surface area contributed by atoms with Gasteiger partial charge in [0.2, 0.25) is 0 Å². The molecule has 1 aliphatic rings. The van der Waals surface area contributed by atoms with Crippen LogP contribution in [0.1, 0.15) is 22.3 Å². The summed E-state index contributed by atoms with van der Waals surface area (Å²) in [6, 6.07) is 46.0.